The number of hydrogen-bond acceptors (Lipinski definition) is 5. The molecular formula is C16H23N3O5. The first-order chi connectivity index (χ1) is 10.9. The predicted molar refractivity (Wildman–Crippen MR) is 85.3 cm³/mol. The van der Waals surface area contributed by atoms with Gasteiger partial charge in [0.2, 0.25) is 0 Å². The highest BCUT2D eigenvalue weighted by atomic mass is 16.6. The molecule has 0 aliphatic rings. The zero-order valence-corrected chi connectivity index (χ0v) is 14.7. The average molecular weight is 337 g/mol. The zero-order chi connectivity index (χ0) is 18.5. The summed E-state index contributed by atoms with van der Waals surface area (Å²) in [6, 6.07) is 1.94. The Morgan fingerprint density at radius 2 is 1.75 bits per heavy atom. The third kappa shape index (κ3) is 6.26. The van der Waals surface area contributed by atoms with Crippen molar-refractivity contribution in [1.29, 1.82) is 0 Å². The van der Waals surface area contributed by atoms with Gasteiger partial charge in [0.05, 0.1) is 6.26 Å². The molecule has 1 N–H and O–H groups in total. The topological polar surface area (TPSA) is 114 Å². The molecular weight excluding hydrogens is 314 g/mol. The van der Waals surface area contributed by atoms with Crippen LogP contribution in [-0.2, 0) is 14.3 Å². The van der Waals surface area contributed by atoms with Gasteiger partial charge in [0.25, 0.3) is 0 Å². The maximum Gasteiger partial charge on any atom is 0.420 e. The van der Waals surface area contributed by atoms with E-state index < -0.39 is 35.0 Å². The minimum atomic E-state index is -1.16. The number of carbonyl (C=O) groups excluding carboxylic acids is 2. The van der Waals surface area contributed by atoms with Gasteiger partial charge in [-0.1, -0.05) is 0 Å². The third-order valence-electron chi connectivity index (χ3n) is 2.48. The molecule has 0 aromatic carbocycles. The molecule has 0 spiro atoms. The summed E-state index contributed by atoms with van der Waals surface area (Å²) < 4.78 is 15.6. The van der Waals surface area contributed by atoms with Gasteiger partial charge in [-0.3, -0.25) is 0 Å². The van der Waals surface area contributed by atoms with E-state index in [1.807, 2.05) is 0 Å². The molecule has 1 heterocycles. The fourth-order valence-corrected chi connectivity index (χ4v) is 1.70. The zero-order valence-electron chi connectivity index (χ0n) is 14.7. The van der Waals surface area contributed by atoms with Crippen LogP contribution in [0.3, 0.4) is 0 Å². The standard InChI is InChI=1S/C16H23N3O5/c1-15(2,3)23-13(20)12(19-17)11(10-8-7-9-22-10)18-14(21)24-16(4,5)6/h7-9,11H,1-6H3,(H,18,21)/t11-/m1/s1. The van der Waals surface area contributed by atoms with E-state index in [9.17, 15) is 15.1 Å². The predicted octanol–water partition coefficient (Wildman–Crippen LogP) is 2.86. The van der Waals surface area contributed by atoms with Crippen molar-refractivity contribution in [2.45, 2.75) is 58.8 Å². The van der Waals surface area contributed by atoms with Crippen LogP contribution in [0.15, 0.2) is 22.8 Å². The summed E-state index contributed by atoms with van der Waals surface area (Å²) in [7, 11) is 0. The highest BCUT2D eigenvalue weighted by Gasteiger charge is 2.40. The second-order valence-corrected chi connectivity index (χ2v) is 7.08. The fraction of sp³-hybridized carbons (Fsp3) is 0.562. The first-order valence-electron chi connectivity index (χ1n) is 7.41. The molecule has 0 unspecified atom stereocenters. The quantitative estimate of drug-likeness (QED) is 0.393. The number of carbonyl (C=O) groups is 2. The Kier molecular flexibility index (Phi) is 5.93. The van der Waals surface area contributed by atoms with Crippen molar-refractivity contribution in [2.24, 2.45) is 0 Å². The van der Waals surface area contributed by atoms with Crippen LogP contribution in [0.5, 0.6) is 0 Å². The Hall–Kier alpha value is -2.60. The Labute approximate surface area is 140 Å². The first kappa shape index (κ1) is 19.4. The lowest BCUT2D eigenvalue weighted by Crippen LogP contribution is -2.42. The van der Waals surface area contributed by atoms with Crippen LogP contribution in [0.1, 0.15) is 53.3 Å². The largest absolute Gasteiger partial charge is 0.466 e. The number of furan rings is 1. The molecule has 0 aliphatic carbocycles. The van der Waals surface area contributed by atoms with Crippen LogP contribution in [-0.4, -0.2) is 33.8 Å². The number of hydrogen-bond donors (Lipinski definition) is 1. The van der Waals surface area contributed by atoms with Crippen molar-refractivity contribution >= 4 is 17.8 Å². The van der Waals surface area contributed by atoms with Crippen LogP contribution in [0.4, 0.5) is 4.79 Å². The van der Waals surface area contributed by atoms with E-state index in [1.54, 1.807) is 47.6 Å². The van der Waals surface area contributed by atoms with E-state index in [0.717, 1.165) is 0 Å². The lowest BCUT2D eigenvalue weighted by molar-refractivity contribution is -0.151. The van der Waals surface area contributed by atoms with Gasteiger partial charge in [0.1, 0.15) is 17.0 Å². The molecule has 8 nitrogen and oxygen atoms in total. The second kappa shape index (κ2) is 7.31. The SMILES string of the molecule is CC(C)(C)OC(=O)N[C@@H](C(=[N+]=[N-])C(=O)OC(C)(C)C)c1ccco1. The maximum atomic E-state index is 12.2. The van der Waals surface area contributed by atoms with Gasteiger partial charge in [0, 0.05) is 0 Å². The van der Waals surface area contributed by atoms with Crippen molar-refractivity contribution < 1.29 is 28.3 Å². The van der Waals surface area contributed by atoms with Crippen LogP contribution in [0.25, 0.3) is 5.53 Å². The fourth-order valence-electron chi connectivity index (χ4n) is 1.70. The summed E-state index contributed by atoms with van der Waals surface area (Å²) >= 11 is 0. The van der Waals surface area contributed by atoms with Crippen LogP contribution in [0, 0.1) is 0 Å². The number of ether oxygens (including phenoxy) is 2. The summed E-state index contributed by atoms with van der Waals surface area (Å²) in [5.74, 6) is -0.693. The molecule has 0 saturated carbocycles. The van der Waals surface area contributed by atoms with E-state index in [4.69, 9.17) is 13.9 Å². The van der Waals surface area contributed by atoms with Gasteiger partial charge in [-0.15, -0.1) is 0 Å². The summed E-state index contributed by atoms with van der Waals surface area (Å²) in [4.78, 5) is 27.3. The highest BCUT2D eigenvalue weighted by Crippen LogP contribution is 2.18. The van der Waals surface area contributed by atoms with Crippen LogP contribution < -0.4 is 5.32 Å². The monoisotopic (exact) mass is 337 g/mol. The molecule has 0 aliphatic heterocycles. The van der Waals surface area contributed by atoms with E-state index >= 15 is 0 Å². The van der Waals surface area contributed by atoms with Crippen molar-refractivity contribution in [2.75, 3.05) is 0 Å². The Morgan fingerprint density at radius 1 is 1.17 bits per heavy atom. The smallest absolute Gasteiger partial charge is 0.420 e. The maximum absolute atomic E-state index is 12.2. The highest BCUT2D eigenvalue weighted by molar-refractivity contribution is 6.36. The molecule has 24 heavy (non-hydrogen) atoms. The molecule has 1 amide bonds. The van der Waals surface area contributed by atoms with E-state index in [2.05, 4.69) is 10.1 Å². The van der Waals surface area contributed by atoms with Crippen molar-refractivity contribution in [3.05, 3.63) is 29.7 Å². The summed E-state index contributed by atoms with van der Waals surface area (Å²) in [5.41, 5.74) is 7.30. The Bertz CT molecular complexity index is 632. The van der Waals surface area contributed by atoms with Gasteiger partial charge < -0.3 is 24.7 Å². The van der Waals surface area contributed by atoms with Gasteiger partial charge in [0.15, 0.2) is 6.04 Å². The van der Waals surface area contributed by atoms with Crippen molar-refractivity contribution in [3.8, 4) is 0 Å². The molecule has 1 aromatic rings. The van der Waals surface area contributed by atoms with E-state index in [-0.39, 0.29) is 5.76 Å². The van der Waals surface area contributed by atoms with Gasteiger partial charge in [-0.2, -0.15) is 4.79 Å². The number of amides is 1. The summed E-state index contributed by atoms with van der Waals surface area (Å²) in [6.45, 7) is 10.1. The van der Waals surface area contributed by atoms with Gasteiger partial charge in [-0.25, -0.2) is 9.59 Å². The first-order valence-corrected chi connectivity index (χ1v) is 7.41. The number of alkyl carbamates (subject to hydrolysis) is 1. The summed E-state index contributed by atoms with van der Waals surface area (Å²) in [6.07, 6.45) is 0.567. The lowest BCUT2D eigenvalue weighted by Gasteiger charge is -2.22. The van der Waals surface area contributed by atoms with Crippen LogP contribution >= 0.6 is 0 Å². The Balaban J connectivity index is 3.08. The molecule has 1 atom stereocenters. The second-order valence-electron chi connectivity index (χ2n) is 7.08. The average Bonchev–Trinajstić information content (AvgIpc) is 2.87. The third-order valence-corrected chi connectivity index (χ3v) is 2.48. The molecule has 132 valence electrons. The lowest BCUT2D eigenvalue weighted by atomic mass is 10.1. The molecule has 0 fully saturated rings. The summed E-state index contributed by atoms with van der Waals surface area (Å²) in [5, 5.41) is 2.45. The van der Waals surface area contributed by atoms with Crippen molar-refractivity contribution in [3.63, 3.8) is 0 Å². The molecule has 0 bridgehead atoms. The number of esters is 1. The molecule has 0 saturated heterocycles. The van der Waals surface area contributed by atoms with Crippen molar-refractivity contribution in [1.82, 2.24) is 5.32 Å². The van der Waals surface area contributed by atoms with Crippen LogP contribution in [0.2, 0.25) is 0 Å². The van der Waals surface area contributed by atoms with E-state index in [1.165, 1.54) is 12.3 Å². The molecule has 8 heteroatoms. The number of rotatable bonds is 4. The Morgan fingerprint density at radius 3 is 2.17 bits per heavy atom. The van der Waals surface area contributed by atoms with E-state index in [0.29, 0.717) is 0 Å². The normalized spacial score (nSPS) is 12.8. The molecule has 1 rings (SSSR count). The molecule has 1 aromatic heterocycles. The minimum absolute atomic E-state index is 0.194. The molecule has 0 radical (unpaired) electrons. The van der Waals surface area contributed by atoms with Gasteiger partial charge in [-0.05, 0) is 53.7 Å². The number of nitrogens with zero attached hydrogens (tertiary/aromatic N) is 2. The number of nitrogens with one attached hydrogen (secondary N) is 1. The minimum Gasteiger partial charge on any atom is -0.466 e. The van der Waals surface area contributed by atoms with Gasteiger partial charge >= 0.3 is 17.8 Å².